The maximum Gasteiger partial charge on any atom is 0.244 e. The van der Waals surface area contributed by atoms with Crippen LogP contribution in [0.2, 0.25) is 0 Å². The van der Waals surface area contributed by atoms with Gasteiger partial charge in [-0.05, 0) is 25.7 Å². The highest BCUT2D eigenvalue weighted by atomic mass is 35.5. The molecule has 112 valence electrons. The normalized spacial score (nSPS) is 19.9. The molecular weight excluding hydrogens is 266 g/mol. The number of amides is 2. The molecule has 0 bridgehead atoms. The van der Waals surface area contributed by atoms with E-state index in [0.29, 0.717) is 19.4 Å². The highest BCUT2D eigenvalue weighted by Crippen LogP contribution is 2.25. The SMILES string of the molecule is CCC(CC)(CN)C(=O)NC1CCCN(C)C1=O.Cl. The second kappa shape index (κ2) is 7.70. The Balaban J connectivity index is 0.00000324. The molecule has 5 nitrogen and oxygen atoms in total. The van der Waals surface area contributed by atoms with Crippen LogP contribution in [0, 0.1) is 5.41 Å². The molecule has 0 aliphatic carbocycles. The zero-order valence-electron chi connectivity index (χ0n) is 12.1. The number of hydrogen-bond acceptors (Lipinski definition) is 3. The Morgan fingerprint density at radius 3 is 2.53 bits per heavy atom. The fraction of sp³-hybridized carbons (Fsp3) is 0.846. The predicted molar refractivity (Wildman–Crippen MR) is 78.1 cm³/mol. The fourth-order valence-electron chi connectivity index (χ4n) is 2.43. The van der Waals surface area contributed by atoms with Gasteiger partial charge in [0, 0.05) is 20.1 Å². The van der Waals surface area contributed by atoms with E-state index < -0.39 is 5.41 Å². The van der Waals surface area contributed by atoms with Gasteiger partial charge in [0.05, 0.1) is 5.41 Å². The van der Waals surface area contributed by atoms with Crippen molar-refractivity contribution in [1.29, 1.82) is 0 Å². The molecule has 1 atom stereocenters. The first-order chi connectivity index (χ1) is 8.50. The van der Waals surface area contributed by atoms with Gasteiger partial charge in [-0.15, -0.1) is 12.4 Å². The van der Waals surface area contributed by atoms with Crippen LogP contribution in [-0.4, -0.2) is 42.9 Å². The third kappa shape index (κ3) is 3.83. The van der Waals surface area contributed by atoms with Crippen LogP contribution in [0.3, 0.4) is 0 Å². The Hall–Kier alpha value is -0.810. The van der Waals surface area contributed by atoms with E-state index in [-0.39, 0.29) is 30.3 Å². The van der Waals surface area contributed by atoms with Crippen molar-refractivity contribution < 1.29 is 9.59 Å². The van der Waals surface area contributed by atoms with Crippen molar-refractivity contribution in [3.05, 3.63) is 0 Å². The molecule has 1 saturated heterocycles. The van der Waals surface area contributed by atoms with E-state index in [4.69, 9.17) is 5.73 Å². The average Bonchev–Trinajstić information content (AvgIpc) is 2.38. The molecule has 19 heavy (non-hydrogen) atoms. The van der Waals surface area contributed by atoms with Gasteiger partial charge in [-0.25, -0.2) is 0 Å². The van der Waals surface area contributed by atoms with E-state index in [1.54, 1.807) is 11.9 Å². The minimum absolute atomic E-state index is 0. The van der Waals surface area contributed by atoms with Gasteiger partial charge in [0.2, 0.25) is 11.8 Å². The Morgan fingerprint density at radius 1 is 1.47 bits per heavy atom. The molecule has 0 spiro atoms. The predicted octanol–water partition coefficient (Wildman–Crippen LogP) is 0.910. The topological polar surface area (TPSA) is 75.4 Å². The van der Waals surface area contributed by atoms with Crippen molar-refractivity contribution in [2.24, 2.45) is 11.1 Å². The lowest BCUT2D eigenvalue weighted by atomic mass is 9.81. The van der Waals surface area contributed by atoms with Crippen LogP contribution in [0.5, 0.6) is 0 Å². The van der Waals surface area contributed by atoms with Crippen LogP contribution >= 0.6 is 12.4 Å². The summed E-state index contributed by atoms with van der Waals surface area (Å²) in [5.74, 6) is -0.0728. The van der Waals surface area contributed by atoms with Crippen LogP contribution in [0.25, 0.3) is 0 Å². The molecule has 0 radical (unpaired) electrons. The number of nitrogens with one attached hydrogen (secondary N) is 1. The average molecular weight is 292 g/mol. The lowest BCUT2D eigenvalue weighted by Gasteiger charge is -2.34. The van der Waals surface area contributed by atoms with Gasteiger partial charge in [0.15, 0.2) is 0 Å². The summed E-state index contributed by atoms with van der Waals surface area (Å²) in [5, 5.41) is 2.88. The molecule has 0 saturated carbocycles. The number of carbonyl (C=O) groups excluding carboxylic acids is 2. The molecule has 6 heteroatoms. The minimum Gasteiger partial charge on any atom is -0.344 e. The van der Waals surface area contributed by atoms with E-state index in [2.05, 4.69) is 5.32 Å². The van der Waals surface area contributed by atoms with Crippen molar-refractivity contribution in [3.8, 4) is 0 Å². The van der Waals surface area contributed by atoms with Gasteiger partial charge >= 0.3 is 0 Å². The number of likely N-dealkylation sites (N-methyl/N-ethyl adjacent to an activating group) is 1. The number of nitrogens with zero attached hydrogens (tertiary/aromatic N) is 1. The van der Waals surface area contributed by atoms with E-state index in [1.807, 2.05) is 13.8 Å². The number of nitrogens with two attached hydrogens (primary N) is 1. The lowest BCUT2D eigenvalue weighted by molar-refractivity contribution is -0.140. The van der Waals surface area contributed by atoms with Crippen molar-refractivity contribution in [2.45, 2.75) is 45.6 Å². The van der Waals surface area contributed by atoms with E-state index in [0.717, 1.165) is 19.4 Å². The summed E-state index contributed by atoms with van der Waals surface area (Å²) >= 11 is 0. The highest BCUT2D eigenvalue weighted by molar-refractivity contribution is 5.90. The maximum absolute atomic E-state index is 12.3. The Kier molecular flexibility index (Phi) is 7.37. The third-order valence-electron chi connectivity index (χ3n) is 4.19. The van der Waals surface area contributed by atoms with Gasteiger partial charge in [0.1, 0.15) is 6.04 Å². The number of carbonyl (C=O) groups is 2. The smallest absolute Gasteiger partial charge is 0.244 e. The number of halogens is 1. The minimum atomic E-state index is -0.531. The first-order valence-electron chi connectivity index (χ1n) is 6.76. The van der Waals surface area contributed by atoms with Crippen LogP contribution in [-0.2, 0) is 9.59 Å². The van der Waals surface area contributed by atoms with Crippen LogP contribution in [0.1, 0.15) is 39.5 Å². The number of piperidine rings is 1. The molecule has 1 aliphatic rings. The molecule has 0 aromatic rings. The molecule has 1 heterocycles. The van der Waals surface area contributed by atoms with Crippen molar-refractivity contribution in [1.82, 2.24) is 10.2 Å². The number of rotatable bonds is 5. The summed E-state index contributed by atoms with van der Waals surface area (Å²) in [7, 11) is 1.77. The molecule has 2 amide bonds. The zero-order valence-corrected chi connectivity index (χ0v) is 12.9. The van der Waals surface area contributed by atoms with Crippen molar-refractivity contribution in [3.63, 3.8) is 0 Å². The molecular formula is C13H26ClN3O2. The monoisotopic (exact) mass is 291 g/mol. The summed E-state index contributed by atoms with van der Waals surface area (Å²) in [6.45, 7) is 5.02. The quantitative estimate of drug-likeness (QED) is 0.790. The van der Waals surface area contributed by atoms with E-state index in [9.17, 15) is 9.59 Å². The molecule has 0 aromatic carbocycles. The maximum atomic E-state index is 12.3. The summed E-state index contributed by atoms with van der Waals surface area (Å²) in [6, 6.07) is -0.375. The van der Waals surface area contributed by atoms with Gasteiger partial charge < -0.3 is 16.0 Å². The number of likely N-dealkylation sites (tertiary alicyclic amines) is 1. The third-order valence-corrected chi connectivity index (χ3v) is 4.19. The molecule has 1 rings (SSSR count). The van der Waals surface area contributed by atoms with Crippen LogP contribution in [0.4, 0.5) is 0 Å². The molecule has 1 aliphatic heterocycles. The molecule has 0 aromatic heterocycles. The standard InChI is InChI=1S/C13H25N3O2.ClH/c1-4-13(5-2,9-14)12(18)15-10-7-6-8-16(3)11(10)17;/h10H,4-9,14H2,1-3H3,(H,15,18);1H. The Bertz CT molecular complexity index is 311. The van der Waals surface area contributed by atoms with Gasteiger partial charge in [-0.2, -0.15) is 0 Å². The summed E-state index contributed by atoms with van der Waals surface area (Å²) in [6.07, 6.45) is 3.05. The zero-order chi connectivity index (χ0) is 13.8. The summed E-state index contributed by atoms with van der Waals surface area (Å²) in [4.78, 5) is 25.9. The Labute approximate surface area is 121 Å². The summed E-state index contributed by atoms with van der Waals surface area (Å²) < 4.78 is 0. The fourth-order valence-corrected chi connectivity index (χ4v) is 2.43. The van der Waals surface area contributed by atoms with Gasteiger partial charge in [-0.1, -0.05) is 13.8 Å². The van der Waals surface area contributed by atoms with E-state index >= 15 is 0 Å². The molecule has 1 unspecified atom stereocenters. The summed E-state index contributed by atoms with van der Waals surface area (Å²) in [5.41, 5.74) is 5.21. The number of hydrogen-bond donors (Lipinski definition) is 2. The first-order valence-corrected chi connectivity index (χ1v) is 6.76. The molecule has 3 N–H and O–H groups in total. The van der Waals surface area contributed by atoms with Gasteiger partial charge in [0.25, 0.3) is 0 Å². The van der Waals surface area contributed by atoms with Crippen LogP contribution in [0.15, 0.2) is 0 Å². The van der Waals surface area contributed by atoms with Crippen molar-refractivity contribution in [2.75, 3.05) is 20.1 Å². The second-order valence-corrected chi connectivity index (χ2v) is 5.12. The highest BCUT2D eigenvalue weighted by Gasteiger charge is 2.37. The molecule has 1 fully saturated rings. The second-order valence-electron chi connectivity index (χ2n) is 5.12. The Morgan fingerprint density at radius 2 is 2.05 bits per heavy atom. The van der Waals surface area contributed by atoms with Gasteiger partial charge in [-0.3, -0.25) is 9.59 Å². The van der Waals surface area contributed by atoms with Crippen molar-refractivity contribution >= 4 is 24.2 Å². The van der Waals surface area contributed by atoms with E-state index in [1.165, 1.54) is 0 Å². The first kappa shape index (κ1) is 18.2. The van der Waals surface area contributed by atoms with Crippen LogP contribution < -0.4 is 11.1 Å². The lowest BCUT2D eigenvalue weighted by Crippen LogP contribution is -2.55. The largest absolute Gasteiger partial charge is 0.344 e.